The molecule has 0 fully saturated rings. The minimum atomic E-state index is -0.910. The van der Waals surface area contributed by atoms with Gasteiger partial charge in [0, 0.05) is 5.69 Å². The Labute approximate surface area is 216 Å². The summed E-state index contributed by atoms with van der Waals surface area (Å²) in [6, 6.07) is 24.6. The highest BCUT2D eigenvalue weighted by Gasteiger charge is 2.43. The molecule has 0 saturated carbocycles. The predicted molar refractivity (Wildman–Crippen MR) is 141 cm³/mol. The Morgan fingerprint density at radius 2 is 1.54 bits per heavy atom. The lowest BCUT2D eigenvalue weighted by Gasteiger charge is -2.36. The number of hydrogen-bond donors (Lipinski definition) is 1. The molecule has 0 spiro atoms. The van der Waals surface area contributed by atoms with Crippen molar-refractivity contribution in [2.45, 2.75) is 19.8 Å². The number of ether oxygens (including phenoxy) is 2. The van der Waals surface area contributed by atoms with Gasteiger partial charge in [0.15, 0.2) is 0 Å². The molecule has 1 heterocycles. The van der Waals surface area contributed by atoms with Gasteiger partial charge in [-0.25, -0.2) is 9.59 Å². The first kappa shape index (κ1) is 25.3. The number of carbonyl (C=O) groups excluding carboxylic acids is 2. The van der Waals surface area contributed by atoms with Crippen molar-refractivity contribution in [3.05, 3.63) is 112 Å². The van der Waals surface area contributed by atoms with Crippen molar-refractivity contribution in [2.24, 2.45) is 5.73 Å². The number of nitriles is 1. The van der Waals surface area contributed by atoms with Gasteiger partial charge in [0.25, 0.3) is 0 Å². The fourth-order valence-corrected chi connectivity index (χ4v) is 4.53. The molecule has 186 valence electrons. The lowest BCUT2D eigenvalue weighted by molar-refractivity contribution is -0.139. The second-order valence-corrected chi connectivity index (χ2v) is 8.68. The van der Waals surface area contributed by atoms with E-state index in [1.54, 1.807) is 30.3 Å². The first-order valence-corrected chi connectivity index (χ1v) is 11.7. The molecule has 1 unspecified atom stereocenters. The van der Waals surface area contributed by atoms with E-state index in [0.717, 1.165) is 16.7 Å². The minimum Gasteiger partial charge on any atom is -0.466 e. The topological polar surface area (TPSA) is 106 Å². The van der Waals surface area contributed by atoms with Crippen molar-refractivity contribution >= 4 is 17.6 Å². The number of nitrogens with two attached hydrogens (primary N) is 1. The van der Waals surface area contributed by atoms with Crippen LogP contribution < -0.4 is 10.6 Å². The van der Waals surface area contributed by atoms with Crippen molar-refractivity contribution in [3.8, 4) is 17.2 Å². The van der Waals surface area contributed by atoms with Crippen molar-refractivity contribution in [2.75, 3.05) is 19.1 Å². The summed E-state index contributed by atoms with van der Waals surface area (Å²) in [5.74, 6) is -2.42. The number of allylic oxidation sites excluding steroid dienone is 1. The van der Waals surface area contributed by atoms with Crippen molar-refractivity contribution in [1.29, 1.82) is 5.26 Å². The maximum Gasteiger partial charge on any atom is 0.355 e. The predicted octanol–water partition coefficient (Wildman–Crippen LogP) is 4.87. The number of aryl methyl sites for hydroxylation is 2. The maximum absolute atomic E-state index is 13.2. The Hall–Kier alpha value is -4.83. The molecule has 1 atom stereocenters. The fraction of sp³-hybridized carbons (Fsp3) is 0.167. The van der Waals surface area contributed by atoms with Gasteiger partial charge in [-0.1, -0.05) is 60.7 Å². The highest BCUT2D eigenvalue weighted by Crippen LogP contribution is 2.43. The molecule has 0 saturated heterocycles. The Balaban J connectivity index is 2.00. The number of nitrogens with zero attached hydrogens (tertiary/aromatic N) is 2. The number of benzene rings is 3. The minimum absolute atomic E-state index is 0.0251. The molecule has 3 aromatic carbocycles. The molecule has 1 aliphatic heterocycles. The molecule has 2 N–H and O–H groups in total. The van der Waals surface area contributed by atoms with Crippen molar-refractivity contribution in [3.63, 3.8) is 0 Å². The molecule has 0 radical (unpaired) electrons. The standard InChI is InChI=1S/C30H27N3O4/c1-18-13-14-22(15-19(18)2)21-11-8-12-23(16-21)33-27(30(35)37-4)26(29(34)36-3)25(24(17-31)28(33)32)20-9-6-5-7-10-20/h5-16,25H,32H2,1-4H3. The van der Waals surface area contributed by atoms with E-state index in [9.17, 15) is 14.9 Å². The van der Waals surface area contributed by atoms with Crippen LogP contribution in [0.25, 0.3) is 11.1 Å². The molecule has 0 aromatic heterocycles. The maximum atomic E-state index is 13.2. The molecule has 7 nitrogen and oxygen atoms in total. The van der Waals surface area contributed by atoms with E-state index in [-0.39, 0.29) is 22.7 Å². The van der Waals surface area contributed by atoms with Crippen molar-refractivity contribution < 1.29 is 19.1 Å². The summed E-state index contributed by atoms with van der Waals surface area (Å²) in [5.41, 5.74) is 11.9. The third-order valence-electron chi connectivity index (χ3n) is 6.55. The number of esters is 2. The summed E-state index contributed by atoms with van der Waals surface area (Å²) in [4.78, 5) is 27.8. The molecule has 3 aromatic rings. The van der Waals surface area contributed by atoms with Crippen LogP contribution in [0.3, 0.4) is 0 Å². The van der Waals surface area contributed by atoms with Crippen LogP contribution >= 0.6 is 0 Å². The van der Waals surface area contributed by atoms with Crippen molar-refractivity contribution in [1.82, 2.24) is 0 Å². The summed E-state index contributed by atoms with van der Waals surface area (Å²) in [6.07, 6.45) is 0. The number of hydrogen-bond acceptors (Lipinski definition) is 7. The zero-order valence-electron chi connectivity index (χ0n) is 21.1. The van der Waals surface area contributed by atoms with Crippen LogP contribution in [0.5, 0.6) is 0 Å². The summed E-state index contributed by atoms with van der Waals surface area (Å²) in [5, 5.41) is 10.2. The fourth-order valence-electron chi connectivity index (χ4n) is 4.53. The second-order valence-electron chi connectivity index (χ2n) is 8.68. The van der Waals surface area contributed by atoms with E-state index in [1.807, 2.05) is 50.2 Å². The third kappa shape index (κ3) is 4.57. The third-order valence-corrected chi connectivity index (χ3v) is 6.55. The monoisotopic (exact) mass is 493 g/mol. The summed E-state index contributed by atoms with van der Waals surface area (Å²) < 4.78 is 10.2. The average molecular weight is 494 g/mol. The molecule has 0 amide bonds. The van der Waals surface area contributed by atoms with Gasteiger partial charge in [0.2, 0.25) is 0 Å². The van der Waals surface area contributed by atoms with Crippen LogP contribution in [0.15, 0.2) is 95.5 Å². The first-order valence-electron chi connectivity index (χ1n) is 11.7. The molecule has 37 heavy (non-hydrogen) atoms. The van der Waals surface area contributed by atoms with Gasteiger partial charge in [-0.3, -0.25) is 4.90 Å². The van der Waals surface area contributed by atoms with Gasteiger partial charge < -0.3 is 15.2 Å². The average Bonchev–Trinajstić information content (AvgIpc) is 2.93. The van der Waals surface area contributed by atoms with Crippen LogP contribution in [0.1, 0.15) is 22.6 Å². The van der Waals surface area contributed by atoms with Crippen LogP contribution in [0.4, 0.5) is 5.69 Å². The summed E-state index contributed by atoms with van der Waals surface area (Å²) in [6.45, 7) is 4.08. The van der Waals surface area contributed by atoms with Crippen LogP contribution in [-0.2, 0) is 19.1 Å². The molecular formula is C30H27N3O4. The van der Waals surface area contributed by atoms with Gasteiger partial charge in [0.05, 0.1) is 37.4 Å². The first-order chi connectivity index (χ1) is 17.8. The largest absolute Gasteiger partial charge is 0.466 e. The lowest BCUT2D eigenvalue weighted by Crippen LogP contribution is -2.40. The van der Waals surface area contributed by atoms with Crippen LogP contribution in [0.2, 0.25) is 0 Å². The van der Waals surface area contributed by atoms with Crippen LogP contribution in [-0.4, -0.2) is 26.2 Å². The molecule has 4 rings (SSSR count). The highest BCUT2D eigenvalue weighted by atomic mass is 16.5. The Morgan fingerprint density at radius 3 is 2.16 bits per heavy atom. The van der Waals surface area contributed by atoms with E-state index >= 15 is 0 Å². The Morgan fingerprint density at radius 1 is 0.865 bits per heavy atom. The van der Waals surface area contributed by atoms with E-state index in [4.69, 9.17) is 15.2 Å². The van der Waals surface area contributed by atoms with Gasteiger partial charge in [-0.15, -0.1) is 0 Å². The van der Waals surface area contributed by atoms with Gasteiger partial charge in [-0.05, 0) is 53.8 Å². The molecule has 1 aliphatic rings. The zero-order chi connectivity index (χ0) is 26.7. The summed E-state index contributed by atoms with van der Waals surface area (Å²) in [7, 11) is 2.45. The summed E-state index contributed by atoms with van der Waals surface area (Å²) >= 11 is 0. The van der Waals surface area contributed by atoms with Gasteiger partial charge in [-0.2, -0.15) is 5.26 Å². The number of carbonyl (C=O) groups is 2. The van der Waals surface area contributed by atoms with Gasteiger partial charge >= 0.3 is 11.9 Å². The van der Waals surface area contributed by atoms with E-state index in [0.29, 0.717) is 11.3 Å². The molecule has 7 heteroatoms. The van der Waals surface area contributed by atoms with Crippen LogP contribution in [0, 0.1) is 25.2 Å². The Bertz CT molecular complexity index is 1480. The SMILES string of the molecule is COC(=O)C1=C(C(=O)OC)N(c2cccc(-c3ccc(C)c(C)c3)c2)C(N)=C(C#N)C1c1ccccc1. The quantitative estimate of drug-likeness (QED) is 0.506. The second kappa shape index (κ2) is 10.4. The molecule has 0 bridgehead atoms. The number of rotatable bonds is 5. The zero-order valence-corrected chi connectivity index (χ0v) is 21.1. The Kier molecular flexibility index (Phi) is 7.12. The number of methoxy groups -OCH3 is 2. The molecular weight excluding hydrogens is 466 g/mol. The van der Waals surface area contributed by atoms with Gasteiger partial charge in [0.1, 0.15) is 11.5 Å². The van der Waals surface area contributed by atoms with E-state index in [2.05, 4.69) is 12.1 Å². The van der Waals surface area contributed by atoms with E-state index in [1.165, 1.54) is 24.7 Å². The number of anilines is 1. The van der Waals surface area contributed by atoms with E-state index < -0.39 is 17.9 Å². The molecule has 0 aliphatic carbocycles. The normalized spacial score (nSPS) is 15.3. The smallest absolute Gasteiger partial charge is 0.355 e. The highest BCUT2D eigenvalue weighted by molar-refractivity contribution is 6.06. The lowest BCUT2D eigenvalue weighted by atomic mass is 9.81.